The first-order chi connectivity index (χ1) is 18.3. The third-order valence-electron chi connectivity index (χ3n) is 6.53. The van der Waals surface area contributed by atoms with Gasteiger partial charge in [0.1, 0.15) is 5.65 Å². The Balaban J connectivity index is 1.76. The molecule has 0 unspecified atom stereocenters. The van der Waals surface area contributed by atoms with Crippen LogP contribution in [0.25, 0.3) is 28.1 Å². The predicted molar refractivity (Wildman–Crippen MR) is 153 cm³/mol. The zero-order valence-electron chi connectivity index (χ0n) is 20.7. The highest BCUT2D eigenvalue weighted by molar-refractivity contribution is 5.92. The Morgan fingerprint density at radius 1 is 0.568 bits per heavy atom. The van der Waals surface area contributed by atoms with Gasteiger partial charge in [-0.1, -0.05) is 127 Å². The van der Waals surface area contributed by atoms with Crippen molar-refractivity contribution in [2.75, 3.05) is 0 Å². The highest BCUT2D eigenvalue weighted by Crippen LogP contribution is 2.35. The number of hydrogen-bond donors (Lipinski definition) is 0. The lowest BCUT2D eigenvalue weighted by Crippen LogP contribution is -1.97. The van der Waals surface area contributed by atoms with Crippen LogP contribution in [0.2, 0.25) is 0 Å². The number of aryl methyl sites for hydroxylation is 1. The van der Waals surface area contributed by atoms with E-state index >= 15 is 0 Å². The first kappa shape index (κ1) is 22.5. The normalized spacial score (nSPS) is 10.7. The van der Waals surface area contributed by atoms with Crippen molar-refractivity contribution < 1.29 is 0 Å². The van der Waals surface area contributed by atoms with Crippen molar-refractivity contribution in [3.05, 3.63) is 173 Å². The average molecular weight is 475 g/mol. The molecule has 2 heterocycles. The molecule has 0 aliphatic heterocycles. The molecule has 4 aromatic carbocycles. The Hall–Kier alpha value is -4.91. The highest BCUT2D eigenvalue weighted by Gasteiger charge is 2.20. The summed E-state index contributed by atoms with van der Waals surface area (Å²) in [6, 6.07) is 46.2. The van der Waals surface area contributed by atoms with Gasteiger partial charge in [-0.05, 0) is 35.7 Å². The number of pyridine rings is 1. The van der Waals surface area contributed by atoms with Gasteiger partial charge in [0.05, 0.1) is 17.0 Å². The fraction of sp³-hybridized carbons (Fsp3) is 0.0286. The smallest absolute Gasteiger partial charge is 0.137 e. The molecule has 6 rings (SSSR count). The number of imidazole rings is 1. The Labute approximate surface area is 217 Å². The second-order valence-electron chi connectivity index (χ2n) is 9.08. The molecule has 0 saturated heterocycles. The third-order valence-corrected chi connectivity index (χ3v) is 6.53. The van der Waals surface area contributed by atoms with Crippen molar-refractivity contribution in [3.8, 4) is 11.3 Å². The lowest BCUT2D eigenvalue weighted by molar-refractivity contribution is 1.16. The van der Waals surface area contributed by atoms with Crippen molar-refractivity contribution in [3.63, 3.8) is 0 Å². The van der Waals surface area contributed by atoms with Gasteiger partial charge in [0.15, 0.2) is 0 Å². The molecule has 0 spiro atoms. The van der Waals surface area contributed by atoms with Crippen LogP contribution in [0.4, 0.5) is 0 Å². The Morgan fingerprint density at radius 2 is 1.08 bits per heavy atom. The molecule has 2 heteroatoms. The standard InChI is InChI=1S/C35H26N2/c1-26-20-22-30(23-21-26)34-35(37-24-12-11-19-33(37)36-34)32(29-17-9-4-10-18-29)25-31(27-13-5-2-6-14-27)28-15-7-3-8-16-28/h2-24H,1H3. The van der Waals surface area contributed by atoms with Crippen molar-refractivity contribution in [2.45, 2.75) is 6.92 Å². The van der Waals surface area contributed by atoms with E-state index in [2.05, 4.69) is 139 Å². The topological polar surface area (TPSA) is 17.3 Å². The van der Waals surface area contributed by atoms with E-state index in [-0.39, 0.29) is 0 Å². The molecular formula is C35H26N2. The number of benzene rings is 4. The van der Waals surface area contributed by atoms with Crippen molar-refractivity contribution in [2.24, 2.45) is 0 Å². The van der Waals surface area contributed by atoms with Crippen LogP contribution in [0.3, 0.4) is 0 Å². The zero-order chi connectivity index (χ0) is 25.0. The number of rotatable bonds is 5. The van der Waals surface area contributed by atoms with Crippen molar-refractivity contribution >= 4 is 16.8 Å². The highest BCUT2D eigenvalue weighted by atomic mass is 15.0. The van der Waals surface area contributed by atoms with Crippen molar-refractivity contribution in [1.82, 2.24) is 9.38 Å². The molecule has 0 bridgehead atoms. The number of aromatic nitrogens is 2. The zero-order valence-corrected chi connectivity index (χ0v) is 20.7. The van der Waals surface area contributed by atoms with Crippen LogP contribution in [0.1, 0.15) is 27.9 Å². The summed E-state index contributed by atoms with van der Waals surface area (Å²) in [5, 5.41) is 0. The van der Waals surface area contributed by atoms with Crippen LogP contribution < -0.4 is 0 Å². The molecular weight excluding hydrogens is 448 g/mol. The Kier molecular flexibility index (Phi) is 6.09. The molecule has 0 aliphatic rings. The van der Waals surface area contributed by atoms with Crippen LogP contribution >= 0.6 is 0 Å². The van der Waals surface area contributed by atoms with E-state index in [1.807, 2.05) is 18.2 Å². The minimum Gasteiger partial charge on any atom is -0.298 e. The molecule has 2 nitrogen and oxygen atoms in total. The molecule has 0 fully saturated rings. The van der Waals surface area contributed by atoms with Gasteiger partial charge < -0.3 is 0 Å². The van der Waals surface area contributed by atoms with E-state index in [0.717, 1.165) is 50.4 Å². The van der Waals surface area contributed by atoms with E-state index in [1.54, 1.807) is 0 Å². The molecule has 0 amide bonds. The summed E-state index contributed by atoms with van der Waals surface area (Å²) in [7, 11) is 0. The molecule has 6 aromatic rings. The molecule has 0 atom stereocenters. The largest absolute Gasteiger partial charge is 0.298 e. The second kappa shape index (κ2) is 9.99. The fourth-order valence-electron chi connectivity index (χ4n) is 4.67. The molecule has 0 radical (unpaired) electrons. The quantitative estimate of drug-likeness (QED) is 0.229. The first-order valence-corrected chi connectivity index (χ1v) is 12.5. The number of hydrogen-bond acceptors (Lipinski definition) is 1. The second-order valence-corrected chi connectivity index (χ2v) is 9.08. The maximum atomic E-state index is 5.10. The molecule has 2 aromatic heterocycles. The summed E-state index contributed by atoms with van der Waals surface area (Å²) in [6.07, 6.45) is 2.09. The Morgan fingerprint density at radius 3 is 1.65 bits per heavy atom. The maximum Gasteiger partial charge on any atom is 0.137 e. The number of nitrogens with zero attached hydrogens (tertiary/aromatic N) is 2. The minimum absolute atomic E-state index is 0.907. The van der Waals surface area contributed by atoms with Crippen LogP contribution in [0.5, 0.6) is 0 Å². The summed E-state index contributed by atoms with van der Waals surface area (Å²) in [5.74, 6) is 0. The van der Waals surface area contributed by atoms with Crippen LogP contribution in [0, 0.1) is 6.92 Å². The van der Waals surface area contributed by atoms with E-state index in [1.165, 1.54) is 5.56 Å². The molecule has 0 saturated carbocycles. The van der Waals surface area contributed by atoms with Gasteiger partial charge in [-0.15, -0.1) is 5.73 Å². The van der Waals surface area contributed by atoms with Gasteiger partial charge in [-0.25, -0.2) is 4.98 Å². The first-order valence-electron chi connectivity index (χ1n) is 12.5. The van der Waals surface area contributed by atoms with Gasteiger partial charge in [0, 0.05) is 17.3 Å². The predicted octanol–water partition coefficient (Wildman–Crippen LogP) is 8.47. The lowest BCUT2D eigenvalue weighted by atomic mass is 9.94. The van der Waals surface area contributed by atoms with Gasteiger partial charge in [0.25, 0.3) is 0 Å². The lowest BCUT2D eigenvalue weighted by Gasteiger charge is -2.12. The van der Waals surface area contributed by atoms with Crippen LogP contribution in [-0.4, -0.2) is 9.38 Å². The minimum atomic E-state index is 0.907. The third kappa shape index (κ3) is 4.54. The van der Waals surface area contributed by atoms with Gasteiger partial charge in [-0.2, -0.15) is 0 Å². The average Bonchev–Trinajstić information content (AvgIpc) is 3.35. The summed E-state index contributed by atoms with van der Waals surface area (Å²) < 4.78 is 2.18. The molecule has 37 heavy (non-hydrogen) atoms. The number of fused-ring (bicyclic) bond motifs is 1. The fourth-order valence-corrected chi connectivity index (χ4v) is 4.67. The van der Waals surface area contributed by atoms with E-state index in [4.69, 9.17) is 4.98 Å². The molecule has 176 valence electrons. The van der Waals surface area contributed by atoms with Crippen molar-refractivity contribution in [1.29, 1.82) is 0 Å². The summed E-state index contributed by atoms with van der Waals surface area (Å²) in [4.78, 5) is 5.10. The monoisotopic (exact) mass is 474 g/mol. The van der Waals surface area contributed by atoms with E-state index in [9.17, 15) is 0 Å². The van der Waals surface area contributed by atoms with E-state index < -0.39 is 0 Å². The van der Waals surface area contributed by atoms with Crippen LogP contribution in [-0.2, 0) is 0 Å². The summed E-state index contributed by atoms with van der Waals surface area (Å²) >= 11 is 0. The molecule has 0 aliphatic carbocycles. The van der Waals surface area contributed by atoms with Crippen LogP contribution in [0.15, 0.2) is 145 Å². The maximum absolute atomic E-state index is 5.10. The van der Waals surface area contributed by atoms with Gasteiger partial charge >= 0.3 is 0 Å². The summed E-state index contributed by atoms with van der Waals surface area (Å²) in [6.45, 7) is 2.11. The van der Waals surface area contributed by atoms with Gasteiger partial charge in [0.2, 0.25) is 0 Å². The SMILES string of the molecule is Cc1ccc(-c2nc3ccccn3c2C(=C=C(c2ccccc2)c2ccccc2)c2ccccc2)cc1. The van der Waals surface area contributed by atoms with E-state index in [0.29, 0.717) is 0 Å². The Bertz CT molecular complexity index is 1680. The summed E-state index contributed by atoms with van der Waals surface area (Å²) in [5.41, 5.74) is 14.4. The molecule has 0 N–H and O–H groups in total. The van der Waals surface area contributed by atoms with Gasteiger partial charge in [-0.3, -0.25) is 4.40 Å².